The first-order valence-corrected chi connectivity index (χ1v) is 33.2. The second-order valence-electron chi connectivity index (χ2n) is 25.7. The summed E-state index contributed by atoms with van der Waals surface area (Å²) in [6.07, 6.45) is 1.49. The van der Waals surface area contributed by atoms with Crippen LogP contribution in [-0.2, 0) is 62.7 Å². The molecule has 8 amide bonds. The minimum Gasteiger partial charge on any atom is -0.493 e. The van der Waals surface area contributed by atoms with E-state index in [4.69, 9.17) is 43.6 Å². The van der Waals surface area contributed by atoms with Gasteiger partial charge in [0.25, 0.3) is 5.91 Å². The number of hydrogen-bond donors (Lipinski definition) is 8. The topological polar surface area (TPSA) is 350 Å². The lowest BCUT2D eigenvalue weighted by Gasteiger charge is -2.32. The summed E-state index contributed by atoms with van der Waals surface area (Å²) >= 11 is 0. The molecule has 9 N–H and O–H groups in total. The summed E-state index contributed by atoms with van der Waals surface area (Å²) in [7, 11) is 4.49. The van der Waals surface area contributed by atoms with Gasteiger partial charge < -0.3 is 90.2 Å². The molecule has 0 aliphatic carbocycles. The molecule has 4 aliphatic heterocycles. The molecule has 4 aliphatic rings. The molecule has 8 atom stereocenters. The van der Waals surface area contributed by atoms with Gasteiger partial charge in [-0.2, -0.15) is 0 Å². The van der Waals surface area contributed by atoms with Gasteiger partial charge >= 0.3 is 12.2 Å². The summed E-state index contributed by atoms with van der Waals surface area (Å²) in [6.45, 7) is 15.2. The highest BCUT2D eigenvalue weighted by Gasteiger charge is 2.46. The van der Waals surface area contributed by atoms with Crippen molar-refractivity contribution in [1.29, 1.82) is 0 Å². The van der Waals surface area contributed by atoms with Crippen molar-refractivity contribution in [2.45, 2.75) is 162 Å². The Bertz CT molecular complexity index is 3600. The van der Waals surface area contributed by atoms with Crippen molar-refractivity contribution >= 4 is 70.4 Å². The minimum absolute atomic E-state index is 0.0436. The molecular formula is C71H94N10O18. The van der Waals surface area contributed by atoms with Gasteiger partial charge in [-0.3, -0.25) is 28.8 Å². The van der Waals surface area contributed by atoms with Crippen LogP contribution in [-0.4, -0.2) is 171 Å². The fourth-order valence-corrected chi connectivity index (χ4v) is 11.7. The Morgan fingerprint density at radius 3 is 1.64 bits per heavy atom. The number of carbonyl (C=O) groups excluding carboxylic acids is 8. The SMILES string of the molecule is COCCOCCC(=O)N[C@H](C(=O)N[C@H](C)C(=O)Nc1ccc(COC(=O)N2c3cc(OCCCCCOc4cc5c(cc4OC)C(=O)N4C=C(C)C[C@H]4[C@H](O)N5C(=O)OCc4ccc(NC(=O)[C@@H](C)NC(=O)[C@H](N)C(C)C)cc4)c(OC)cc3CN3C=C(C)C[C@H]3[C@@H]2O)cc1)C(C)C. The van der Waals surface area contributed by atoms with Crippen LogP contribution >= 0.6 is 0 Å². The number of benzene rings is 4. The van der Waals surface area contributed by atoms with E-state index >= 15 is 0 Å². The van der Waals surface area contributed by atoms with E-state index in [9.17, 15) is 48.6 Å². The lowest BCUT2D eigenvalue weighted by Crippen LogP contribution is -2.53. The number of carbonyl (C=O) groups is 8. The van der Waals surface area contributed by atoms with E-state index in [1.165, 1.54) is 43.1 Å². The van der Waals surface area contributed by atoms with E-state index in [1.54, 1.807) is 94.7 Å². The molecule has 0 spiro atoms. The van der Waals surface area contributed by atoms with Gasteiger partial charge in [-0.15, -0.1) is 0 Å². The highest BCUT2D eigenvalue weighted by atomic mass is 16.6. The van der Waals surface area contributed by atoms with Gasteiger partial charge in [0.2, 0.25) is 29.5 Å². The molecule has 28 heteroatoms. The smallest absolute Gasteiger partial charge is 0.416 e. The highest BCUT2D eigenvalue weighted by molar-refractivity contribution is 6.06. The zero-order chi connectivity index (χ0) is 71.8. The molecule has 28 nitrogen and oxygen atoms in total. The number of unbranched alkanes of at least 4 members (excludes halogenated alkanes) is 2. The third-order valence-corrected chi connectivity index (χ3v) is 17.4. The molecule has 0 unspecified atom stereocenters. The monoisotopic (exact) mass is 1370 g/mol. The largest absolute Gasteiger partial charge is 0.493 e. The maximum atomic E-state index is 14.3. The molecule has 99 heavy (non-hydrogen) atoms. The zero-order valence-electron chi connectivity index (χ0n) is 58.0. The Morgan fingerprint density at radius 2 is 1.09 bits per heavy atom. The van der Waals surface area contributed by atoms with Gasteiger partial charge in [0, 0.05) is 49.8 Å². The average molecular weight is 1380 g/mol. The van der Waals surface area contributed by atoms with Crippen LogP contribution in [0.3, 0.4) is 0 Å². The molecular weight excluding hydrogens is 1280 g/mol. The van der Waals surface area contributed by atoms with Crippen LogP contribution in [0.25, 0.3) is 0 Å². The predicted octanol–water partition coefficient (Wildman–Crippen LogP) is 6.94. The number of aliphatic hydroxyl groups is 2. The Morgan fingerprint density at radius 1 is 0.576 bits per heavy atom. The molecule has 0 aromatic heterocycles. The van der Waals surface area contributed by atoms with Gasteiger partial charge in [-0.05, 0) is 131 Å². The number of rotatable bonds is 31. The molecule has 0 radical (unpaired) electrons. The molecule has 4 heterocycles. The molecule has 4 aromatic rings. The summed E-state index contributed by atoms with van der Waals surface area (Å²) in [4.78, 5) is 113. The third-order valence-electron chi connectivity index (χ3n) is 17.4. The molecule has 0 fully saturated rings. The second-order valence-corrected chi connectivity index (χ2v) is 25.7. The van der Waals surface area contributed by atoms with Crippen molar-refractivity contribution in [3.05, 3.63) is 119 Å². The van der Waals surface area contributed by atoms with E-state index < -0.39 is 90.4 Å². The number of aliphatic hydroxyl groups excluding tert-OH is 2. The van der Waals surface area contributed by atoms with Crippen molar-refractivity contribution in [3.63, 3.8) is 0 Å². The van der Waals surface area contributed by atoms with Crippen molar-refractivity contribution in [1.82, 2.24) is 25.8 Å². The Balaban J connectivity index is 0.865. The number of ether oxygens (including phenoxy) is 8. The molecule has 8 rings (SSSR count). The number of hydrogen-bond acceptors (Lipinski definition) is 20. The van der Waals surface area contributed by atoms with Crippen molar-refractivity contribution in [2.75, 3.05) is 74.8 Å². The average Bonchev–Trinajstić information content (AvgIpc) is 1.65. The van der Waals surface area contributed by atoms with Gasteiger partial charge in [0.05, 0.1) is 82.3 Å². The number of methoxy groups -OCH3 is 3. The van der Waals surface area contributed by atoms with Crippen molar-refractivity contribution in [3.8, 4) is 23.0 Å². The number of nitrogens with one attached hydrogen (secondary N) is 5. The zero-order valence-corrected chi connectivity index (χ0v) is 58.0. The fourth-order valence-electron chi connectivity index (χ4n) is 11.7. The Hall–Kier alpha value is -9.48. The summed E-state index contributed by atoms with van der Waals surface area (Å²) in [5, 5.41) is 37.6. The predicted molar refractivity (Wildman–Crippen MR) is 366 cm³/mol. The number of anilines is 4. The van der Waals surface area contributed by atoms with Crippen LogP contribution in [0.15, 0.2) is 96.3 Å². The highest BCUT2D eigenvalue weighted by Crippen LogP contribution is 2.44. The van der Waals surface area contributed by atoms with Gasteiger partial charge in [-0.1, -0.05) is 63.1 Å². The van der Waals surface area contributed by atoms with E-state index in [2.05, 4.69) is 26.6 Å². The molecule has 0 saturated heterocycles. The fraction of sp³-hybridized carbons (Fsp3) is 0.493. The molecule has 0 saturated carbocycles. The summed E-state index contributed by atoms with van der Waals surface area (Å²) in [6, 6.07) is 14.7. The van der Waals surface area contributed by atoms with Crippen LogP contribution in [0.5, 0.6) is 23.0 Å². The van der Waals surface area contributed by atoms with Crippen LogP contribution in [0.2, 0.25) is 0 Å². The summed E-state index contributed by atoms with van der Waals surface area (Å²) < 4.78 is 46.2. The van der Waals surface area contributed by atoms with Gasteiger partial charge in [0.1, 0.15) is 31.3 Å². The van der Waals surface area contributed by atoms with Crippen LogP contribution < -0.4 is 61.1 Å². The van der Waals surface area contributed by atoms with Crippen LogP contribution in [0.1, 0.15) is 121 Å². The first-order valence-electron chi connectivity index (χ1n) is 33.2. The standard InChI is InChI=1S/C71H94N10O18/c1-40(2)61(72)65(85)73-44(7)63(83)75-49-19-17-47(18-20-49)39-99-71(91)81-53-34-59(57(94-11)32-51(53)67(87)79-36-43(6)30-55(79)69(81)89)97-25-14-12-13-24-96-58-33-52-48(31-56(58)93-10)37-78-35-42(5)29-54(78)68(88)80(52)70(90)98-38-46-15-21-50(22-16-46)76-64(84)45(8)74-66(86)62(41(3)4)77-60(82)23-26-95-28-27-92-9/h15-22,31-36,40-41,44-45,54-55,61-62,68-69,88-89H,12-14,23-30,37-39,72H2,1-11H3,(H,73,85)(H,74,86)(H,75,83)(H,76,84)(H,77,82)/t44-,45-,54+,55+,61-,62+,68+,69+/m1/s1. The van der Waals surface area contributed by atoms with Gasteiger partial charge in [0.15, 0.2) is 35.5 Å². The lowest BCUT2D eigenvalue weighted by molar-refractivity contribution is -0.132. The summed E-state index contributed by atoms with van der Waals surface area (Å²) in [5.74, 6) is -2.01. The molecule has 4 aromatic carbocycles. The normalized spacial score (nSPS) is 18.2. The van der Waals surface area contributed by atoms with Crippen LogP contribution in [0.4, 0.5) is 32.3 Å². The first kappa shape index (κ1) is 75.3. The number of amides is 8. The van der Waals surface area contributed by atoms with E-state index in [0.29, 0.717) is 97.1 Å². The molecule has 536 valence electrons. The lowest BCUT2D eigenvalue weighted by atomic mass is 10.0. The maximum absolute atomic E-state index is 14.3. The minimum atomic E-state index is -1.54. The Kier molecular flexibility index (Phi) is 26.5. The Labute approximate surface area is 576 Å². The van der Waals surface area contributed by atoms with Crippen molar-refractivity contribution < 1.29 is 86.5 Å². The van der Waals surface area contributed by atoms with E-state index in [-0.39, 0.29) is 79.9 Å². The molecule has 0 bridgehead atoms. The number of nitrogens with zero attached hydrogens (tertiary/aromatic N) is 4. The second kappa shape index (κ2) is 34.8. The quantitative estimate of drug-likeness (QED) is 0.0236. The van der Waals surface area contributed by atoms with E-state index in [1.807, 2.05) is 38.8 Å². The van der Waals surface area contributed by atoms with E-state index in [0.717, 1.165) is 16.0 Å². The van der Waals surface area contributed by atoms with Gasteiger partial charge in [-0.25, -0.2) is 19.4 Å². The summed E-state index contributed by atoms with van der Waals surface area (Å²) in [5.41, 5.74) is 10.9. The first-order chi connectivity index (χ1) is 47.3. The van der Waals surface area contributed by atoms with Crippen molar-refractivity contribution in [2.24, 2.45) is 17.6 Å². The number of nitrogens with two attached hydrogens (primary N) is 1. The third kappa shape index (κ3) is 19.3. The number of fused-ring (bicyclic) bond motifs is 4. The van der Waals surface area contributed by atoms with Crippen LogP contribution in [0, 0.1) is 11.8 Å². The maximum Gasteiger partial charge on any atom is 0.416 e.